The normalized spacial score (nSPS) is 29.0. The molecule has 1 aliphatic carbocycles. The Kier molecular flexibility index (Phi) is 3.14. The Bertz CT molecular complexity index is 385. The monoisotopic (exact) mass is 234 g/mol. The van der Waals surface area contributed by atoms with Gasteiger partial charge in [-0.3, -0.25) is 0 Å². The molecule has 3 rings (SSSR count). The van der Waals surface area contributed by atoms with Gasteiger partial charge in [0.15, 0.2) is 0 Å². The van der Waals surface area contributed by atoms with E-state index in [4.69, 9.17) is 0 Å². The van der Waals surface area contributed by atoms with Gasteiger partial charge >= 0.3 is 0 Å². The van der Waals surface area contributed by atoms with Gasteiger partial charge in [-0.25, -0.2) is 4.68 Å². The molecule has 0 saturated heterocycles. The van der Waals surface area contributed by atoms with E-state index in [0.717, 1.165) is 37.9 Å². The van der Waals surface area contributed by atoms with Crippen molar-refractivity contribution in [3.63, 3.8) is 0 Å². The van der Waals surface area contributed by atoms with Crippen LogP contribution in [-0.4, -0.2) is 21.5 Å². The van der Waals surface area contributed by atoms with E-state index in [-0.39, 0.29) is 0 Å². The molecule has 1 saturated carbocycles. The Labute approximate surface area is 103 Å². The summed E-state index contributed by atoms with van der Waals surface area (Å²) in [7, 11) is 0. The Morgan fingerprint density at radius 2 is 2.24 bits per heavy atom. The van der Waals surface area contributed by atoms with Gasteiger partial charge in [-0.15, -0.1) is 5.10 Å². The number of aromatic nitrogens is 3. The molecule has 1 aromatic rings. The highest BCUT2D eigenvalue weighted by molar-refractivity contribution is 5.13. The Hall–Kier alpha value is -0.900. The van der Waals surface area contributed by atoms with E-state index in [9.17, 15) is 0 Å². The van der Waals surface area contributed by atoms with Crippen LogP contribution < -0.4 is 5.32 Å². The predicted octanol–water partition coefficient (Wildman–Crippen LogP) is 1.75. The fraction of sp³-hybridized carbons (Fsp3) is 0.846. The van der Waals surface area contributed by atoms with Gasteiger partial charge in [0.05, 0.1) is 11.4 Å². The maximum atomic E-state index is 4.35. The molecule has 4 heteroatoms. The lowest BCUT2D eigenvalue weighted by molar-refractivity contribution is 0.218. The van der Waals surface area contributed by atoms with Crippen molar-refractivity contribution in [2.45, 2.75) is 52.1 Å². The second-order valence-corrected chi connectivity index (χ2v) is 5.61. The molecule has 1 aliphatic heterocycles. The number of hydrogen-bond acceptors (Lipinski definition) is 3. The Morgan fingerprint density at radius 3 is 3.12 bits per heavy atom. The third kappa shape index (κ3) is 2.23. The molecule has 4 nitrogen and oxygen atoms in total. The van der Waals surface area contributed by atoms with Gasteiger partial charge in [-0.2, -0.15) is 0 Å². The molecule has 2 unspecified atom stereocenters. The molecule has 0 bridgehead atoms. The van der Waals surface area contributed by atoms with Gasteiger partial charge in [0, 0.05) is 26.1 Å². The van der Waals surface area contributed by atoms with Gasteiger partial charge in [-0.1, -0.05) is 31.4 Å². The summed E-state index contributed by atoms with van der Waals surface area (Å²) in [5.41, 5.74) is 2.54. The third-order valence-electron chi connectivity index (χ3n) is 4.45. The average Bonchev–Trinajstić information content (AvgIpc) is 2.76. The number of nitrogens with one attached hydrogen (secondary N) is 1. The summed E-state index contributed by atoms with van der Waals surface area (Å²) in [5.74, 6) is 1.66. The fourth-order valence-electron chi connectivity index (χ4n) is 3.23. The minimum atomic E-state index is 0.810. The highest BCUT2D eigenvalue weighted by Crippen LogP contribution is 2.31. The quantitative estimate of drug-likeness (QED) is 0.847. The van der Waals surface area contributed by atoms with Gasteiger partial charge in [0.2, 0.25) is 0 Å². The molecule has 1 fully saturated rings. The molecule has 0 aromatic carbocycles. The first-order valence-electron chi connectivity index (χ1n) is 6.96. The molecule has 0 amide bonds. The summed E-state index contributed by atoms with van der Waals surface area (Å²) < 4.78 is 2.18. The summed E-state index contributed by atoms with van der Waals surface area (Å²) in [6, 6.07) is 0. The summed E-state index contributed by atoms with van der Waals surface area (Å²) in [6.45, 7) is 5.45. The lowest BCUT2D eigenvalue weighted by Gasteiger charge is -2.29. The predicted molar refractivity (Wildman–Crippen MR) is 66.6 cm³/mol. The fourth-order valence-corrected chi connectivity index (χ4v) is 3.23. The van der Waals surface area contributed by atoms with Gasteiger partial charge in [-0.05, 0) is 18.3 Å². The third-order valence-corrected chi connectivity index (χ3v) is 4.45. The SMILES string of the molecule is CC1CCCCC1Cn1nnc2c1CCNC2. The van der Waals surface area contributed by atoms with Crippen molar-refractivity contribution in [1.29, 1.82) is 0 Å². The zero-order chi connectivity index (χ0) is 11.7. The minimum Gasteiger partial charge on any atom is -0.311 e. The largest absolute Gasteiger partial charge is 0.311 e. The van der Waals surface area contributed by atoms with Crippen molar-refractivity contribution in [1.82, 2.24) is 20.3 Å². The van der Waals surface area contributed by atoms with Crippen molar-refractivity contribution in [2.75, 3.05) is 6.54 Å². The van der Waals surface area contributed by atoms with Crippen molar-refractivity contribution in [3.8, 4) is 0 Å². The average molecular weight is 234 g/mol. The second-order valence-electron chi connectivity index (χ2n) is 5.61. The van der Waals surface area contributed by atoms with E-state index in [0.29, 0.717) is 0 Å². The van der Waals surface area contributed by atoms with Crippen LogP contribution in [-0.2, 0) is 19.5 Å². The van der Waals surface area contributed by atoms with Crippen LogP contribution in [0.15, 0.2) is 0 Å². The first kappa shape index (κ1) is 11.2. The molecular weight excluding hydrogens is 212 g/mol. The maximum Gasteiger partial charge on any atom is 0.0997 e. The summed E-state index contributed by atoms with van der Waals surface area (Å²) in [5, 5.41) is 12.0. The zero-order valence-electron chi connectivity index (χ0n) is 10.7. The molecule has 1 N–H and O–H groups in total. The van der Waals surface area contributed by atoms with Gasteiger partial charge in [0.1, 0.15) is 0 Å². The molecule has 1 aromatic heterocycles. The molecule has 2 heterocycles. The topological polar surface area (TPSA) is 42.7 Å². The molecule has 17 heavy (non-hydrogen) atoms. The van der Waals surface area contributed by atoms with E-state index in [2.05, 4.69) is 27.2 Å². The van der Waals surface area contributed by atoms with Crippen LogP contribution in [0.1, 0.15) is 44.0 Å². The molecular formula is C13H22N4. The van der Waals surface area contributed by atoms with Gasteiger partial charge in [0.25, 0.3) is 0 Å². The van der Waals surface area contributed by atoms with Crippen LogP contribution >= 0.6 is 0 Å². The highest BCUT2D eigenvalue weighted by atomic mass is 15.4. The summed E-state index contributed by atoms with van der Waals surface area (Å²) >= 11 is 0. The van der Waals surface area contributed by atoms with Crippen LogP contribution in [0.5, 0.6) is 0 Å². The van der Waals surface area contributed by atoms with Crippen molar-refractivity contribution < 1.29 is 0 Å². The number of rotatable bonds is 2. The van der Waals surface area contributed by atoms with Gasteiger partial charge < -0.3 is 5.32 Å². The van der Waals surface area contributed by atoms with Crippen LogP contribution in [0.3, 0.4) is 0 Å². The van der Waals surface area contributed by atoms with Crippen molar-refractivity contribution >= 4 is 0 Å². The first-order valence-corrected chi connectivity index (χ1v) is 6.96. The van der Waals surface area contributed by atoms with E-state index in [1.165, 1.54) is 37.1 Å². The van der Waals surface area contributed by atoms with Crippen LogP contribution in [0.4, 0.5) is 0 Å². The smallest absolute Gasteiger partial charge is 0.0997 e. The van der Waals surface area contributed by atoms with Crippen LogP contribution in [0.2, 0.25) is 0 Å². The van der Waals surface area contributed by atoms with E-state index >= 15 is 0 Å². The summed E-state index contributed by atoms with van der Waals surface area (Å²) in [4.78, 5) is 0. The number of fused-ring (bicyclic) bond motifs is 1. The molecule has 2 atom stereocenters. The van der Waals surface area contributed by atoms with Crippen LogP contribution in [0.25, 0.3) is 0 Å². The summed E-state index contributed by atoms with van der Waals surface area (Å²) in [6.07, 6.45) is 6.66. The Morgan fingerprint density at radius 1 is 1.35 bits per heavy atom. The Balaban J connectivity index is 1.73. The van der Waals surface area contributed by atoms with Crippen LogP contribution in [0, 0.1) is 11.8 Å². The van der Waals surface area contributed by atoms with Crippen molar-refractivity contribution in [2.24, 2.45) is 11.8 Å². The molecule has 0 spiro atoms. The highest BCUT2D eigenvalue weighted by Gasteiger charge is 2.24. The number of nitrogens with zero attached hydrogens (tertiary/aromatic N) is 3. The minimum absolute atomic E-state index is 0.810. The zero-order valence-corrected chi connectivity index (χ0v) is 10.7. The van der Waals surface area contributed by atoms with E-state index in [1.807, 2.05) is 0 Å². The molecule has 94 valence electrons. The molecule has 2 aliphatic rings. The maximum absolute atomic E-state index is 4.35. The lowest BCUT2D eigenvalue weighted by Crippen LogP contribution is -2.27. The lowest BCUT2D eigenvalue weighted by atomic mass is 9.80. The first-order chi connectivity index (χ1) is 8.34. The second kappa shape index (κ2) is 4.77. The van der Waals surface area contributed by atoms with E-state index in [1.54, 1.807) is 0 Å². The van der Waals surface area contributed by atoms with Crippen molar-refractivity contribution in [3.05, 3.63) is 11.4 Å². The standard InChI is InChI=1S/C13H22N4/c1-10-4-2-3-5-11(10)9-17-13-6-7-14-8-12(13)15-16-17/h10-11,14H,2-9H2,1H3. The van der Waals surface area contributed by atoms with E-state index < -0.39 is 0 Å². The molecule has 0 radical (unpaired) electrons. The number of hydrogen-bond donors (Lipinski definition) is 1.